The van der Waals surface area contributed by atoms with Crippen LogP contribution in [0.4, 0.5) is 0 Å². The van der Waals surface area contributed by atoms with Crippen LogP contribution in [0.2, 0.25) is 0 Å². The van der Waals surface area contributed by atoms with E-state index in [4.69, 9.17) is 33.7 Å². The van der Waals surface area contributed by atoms with Gasteiger partial charge >= 0.3 is 0 Å². The van der Waals surface area contributed by atoms with Crippen molar-refractivity contribution in [1.29, 1.82) is 0 Å². The van der Waals surface area contributed by atoms with E-state index in [0.29, 0.717) is 22.4 Å². The van der Waals surface area contributed by atoms with Crippen LogP contribution in [-0.4, -0.2) is 53.8 Å². The third-order valence-electron chi connectivity index (χ3n) is 4.24. The monoisotopic (exact) mass is 562 g/mol. The molecule has 198 valence electrons. The molecule has 11 nitrogen and oxygen atoms in total. The normalized spacial score (nSPS) is 15.4. The summed E-state index contributed by atoms with van der Waals surface area (Å²) in [5.74, 6) is 0.689. The van der Waals surface area contributed by atoms with E-state index in [-0.39, 0.29) is 5.75 Å². The molecule has 0 aromatic heterocycles. The quantitative estimate of drug-likeness (QED) is 0.208. The molecule has 0 saturated heterocycles. The number of phenols is 1. The van der Waals surface area contributed by atoms with E-state index in [1.807, 2.05) is 0 Å². The summed E-state index contributed by atoms with van der Waals surface area (Å²) in [6.45, 7) is 0. The van der Waals surface area contributed by atoms with Gasteiger partial charge in [0.15, 0.2) is 49.5 Å². The molecule has 3 aromatic carbocycles. The van der Waals surface area contributed by atoms with Crippen LogP contribution in [0.25, 0.3) is 0 Å². The molecule has 36 heavy (non-hydrogen) atoms. The van der Waals surface area contributed by atoms with Crippen molar-refractivity contribution in [2.24, 2.45) is 0 Å². The predicted molar refractivity (Wildman–Crippen MR) is 135 cm³/mol. The zero-order valence-electron chi connectivity index (χ0n) is 18.7. The van der Waals surface area contributed by atoms with E-state index in [2.05, 4.69) is 0 Å². The Morgan fingerprint density at radius 2 is 0.917 bits per heavy atom. The Hall–Kier alpha value is -2.53. The first-order chi connectivity index (χ1) is 17.0. The molecule has 6 atom stereocenters. The van der Waals surface area contributed by atoms with Crippen LogP contribution in [-0.2, 0) is 33.2 Å². The minimum atomic E-state index is -2.29. The first kappa shape index (κ1) is 31.5. The highest BCUT2D eigenvalue weighted by atomic mass is 32.2. The van der Waals surface area contributed by atoms with Gasteiger partial charge in [0.2, 0.25) is 0 Å². The number of methoxy groups -OCH3 is 1. The van der Waals surface area contributed by atoms with Crippen LogP contribution in [0.3, 0.4) is 0 Å². The number of aliphatic hydroxyl groups excluding tert-OH is 3. The molecule has 0 fully saturated rings. The lowest BCUT2D eigenvalue weighted by Gasteiger charge is -2.06. The first-order valence-corrected chi connectivity index (χ1v) is 13.3. The summed E-state index contributed by atoms with van der Waals surface area (Å²) in [4.78, 5) is 0. The van der Waals surface area contributed by atoms with E-state index in [9.17, 15) is 17.7 Å². The van der Waals surface area contributed by atoms with Crippen LogP contribution >= 0.6 is 0 Å². The van der Waals surface area contributed by atoms with E-state index in [0.717, 1.165) is 0 Å². The molecular formula is C22H26O11S3. The van der Waals surface area contributed by atoms with Crippen molar-refractivity contribution in [2.45, 2.75) is 16.3 Å². The number of ether oxygens (including phenoxy) is 1. The maximum absolute atomic E-state index is 10.5. The number of benzene rings is 3. The second-order valence-electron chi connectivity index (χ2n) is 6.66. The van der Waals surface area contributed by atoms with E-state index in [1.54, 1.807) is 42.5 Å². The Morgan fingerprint density at radius 1 is 0.583 bits per heavy atom. The molecule has 0 spiro atoms. The molecule has 0 aliphatic heterocycles. The van der Waals surface area contributed by atoms with E-state index in [1.165, 1.54) is 43.5 Å². The molecule has 0 radical (unpaired) electrons. The second kappa shape index (κ2) is 16.3. The van der Waals surface area contributed by atoms with E-state index >= 15 is 0 Å². The average molecular weight is 563 g/mol. The minimum Gasteiger partial charge on any atom is -0.508 e. The summed E-state index contributed by atoms with van der Waals surface area (Å²) in [6.07, 6.45) is 0. The fourth-order valence-corrected chi connectivity index (χ4v) is 3.54. The van der Waals surface area contributed by atoms with Gasteiger partial charge in [-0.15, -0.1) is 0 Å². The molecular weight excluding hydrogens is 536 g/mol. The summed E-state index contributed by atoms with van der Waals surface area (Å²) in [5.41, 5.74) is -2.92. The molecule has 0 saturated carbocycles. The molecule has 0 bridgehead atoms. The minimum absolute atomic E-state index is 0.0506. The van der Waals surface area contributed by atoms with Crippen molar-refractivity contribution < 1.29 is 51.4 Å². The zero-order chi connectivity index (χ0) is 27.3. The highest BCUT2D eigenvalue weighted by Crippen LogP contribution is 2.19. The van der Waals surface area contributed by atoms with Gasteiger partial charge in [-0.1, -0.05) is 54.6 Å². The smallest absolute Gasteiger partial charge is 0.187 e. The summed E-state index contributed by atoms with van der Waals surface area (Å²) in [5, 5.41) is 36.1. The van der Waals surface area contributed by atoms with Crippen molar-refractivity contribution in [3.05, 3.63) is 95.6 Å². The van der Waals surface area contributed by atoms with Crippen LogP contribution in [0.1, 0.15) is 33.0 Å². The molecule has 0 amide bonds. The standard InChI is InChI=1S/C8H10O4S.C7H8O4S.C7H8O3S/c1-12-7-4-2-6(3-5-7)8(9)13(10)11;8-6-3-1-5(2-4-6)7(9)12(10)11;8-7(11(9)10)6-4-2-1-3-5-6/h2-5,8-9H,1H3,(H,10,11);1-4,7-9H,(H,10,11);1-5,7-8H,(H,9,10). The van der Waals surface area contributed by atoms with Crippen molar-refractivity contribution in [3.8, 4) is 11.5 Å². The molecule has 6 unspecified atom stereocenters. The van der Waals surface area contributed by atoms with Gasteiger partial charge in [0.1, 0.15) is 11.5 Å². The molecule has 0 aliphatic rings. The lowest BCUT2D eigenvalue weighted by molar-refractivity contribution is 0.251. The van der Waals surface area contributed by atoms with Gasteiger partial charge in [0.25, 0.3) is 0 Å². The number of hydrogen-bond acceptors (Lipinski definition) is 8. The van der Waals surface area contributed by atoms with Gasteiger partial charge in [0.05, 0.1) is 7.11 Å². The Balaban J connectivity index is 0.000000271. The molecule has 0 aliphatic carbocycles. The number of hydrogen-bond donors (Lipinski definition) is 7. The van der Waals surface area contributed by atoms with Gasteiger partial charge in [0, 0.05) is 0 Å². The van der Waals surface area contributed by atoms with Crippen LogP contribution in [0, 0.1) is 0 Å². The van der Waals surface area contributed by atoms with E-state index < -0.39 is 49.5 Å². The maximum Gasteiger partial charge on any atom is 0.187 e. The summed E-state index contributed by atoms with van der Waals surface area (Å²) in [7, 11) is 1.52. The highest BCUT2D eigenvalue weighted by Gasteiger charge is 2.13. The highest BCUT2D eigenvalue weighted by molar-refractivity contribution is 7.79. The van der Waals surface area contributed by atoms with Crippen molar-refractivity contribution in [2.75, 3.05) is 7.11 Å². The third-order valence-corrected chi connectivity index (χ3v) is 6.20. The fourth-order valence-electron chi connectivity index (χ4n) is 2.37. The topological polar surface area (TPSA) is 202 Å². The molecule has 14 heteroatoms. The average Bonchev–Trinajstić information content (AvgIpc) is 2.89. The van der Waals surface area contributed by atoms with Crippen molar-refractivity contribution in [1.82, 2.24) is 0 Å². The lowest BCUT2D eigenvalue weighted by Crippen LogP contribution is -2.03. The molecule has 3 rings (SSSR count). The Kier molecular flexibility index (Phi) is 14.2. The van der Waals surface area contributed by atoms with Crippen LogP contribution in [0.5, 0.6) is 11.5 Å². The number of rotatable bonds is 7. The number of aromatic hydroxyl groups is 1. The molecule has 7 N–H and O–H groups in total. The number of phenolic OH excluding ortho intramolecular Hbond substituents is 1. The number of aliphatic hydroxyl groups is 3. The Morgan fingerprint density at radius 3 is 1.25 bits per heavy atom. The lowest BCUT2D eigenvalue weighted by atomic mass is 10.2. The molecule has 3 aromatic rings. The van der Waals surface area contributed by atoms with Gasteiger partial charge in [-0.05, 0) is 41.0 Å². The largest absolute Gasteiger partial charge is 0.508 e. The van der Waals surface area contributed by atoms with Gasteiger partial charge in [-0.2, -0.15) is 0 Å². The Bertz CT molecular complexity index is 1110. The van der Waals surface area contributed by atoms with Crippen molar-refractivity contribution in [3.63, 3.8) is 0 Å². The molecule has 0 heterocycles. The predicted octanol–water partition coefficient (Wildman–Crippen LogP) is 2.41. The first-order valence-electron chi connectivity index (χ1n) is 9.78. The van der Waals surface area contributed by atoms with Gasteiger partial charge in [-0.3, -0.25) is 0 Å². The van der Waals surface area contributed by atoms with Gasteiger partial charge < -0.3 is 38.8 Å². The fraction of sp³-hybridized carbons (Fsp3) is 0.182. The zero-order valence-corrected chi connectivity index (χ0v) is 21.2. The van der Waals surface area contributed by atoms with Crippen molar-refractivity contribution >= 4 is 33.2 Å². The maximum atomic E-state index is 10.5. The summed E-state index contributed by atoms with van der Waals surface area (Å²) >= 11 is -6.75. The SMILES string of the molecule is COc1ccc(C(O)S(=O)O)cc1.O=S(O)C(O)c1ccc(O)cc1.O=S(O)C(O)c1ccccc1. The summed E-state index contributed by atoms with van der Waals surface area (Å²) in [6, 6.07) is 20.1. The second-order valence-corrected chi connectivity index (χ2v) is 9.66. The van der Waals surface area contributed by atoms with Crippen LogP contribution in [0.15, 0.2) is 78.9 Å². The van der Waals surface area contributed by atoms with Gasteiger partial charge in [-0.25, -0.2) is 12.6 Å². The third kappa shape index (κ3) is 11.0. The van der Waals surface area contributed by atoms with Crippen LogP contribution < -0.4 is 4.74 Å². The Labute approximate surface area is 214 Å². The summed E-state index contributed by atoms with van der Waals surface area (Å²) < 4.78 is 61.7.